The largest absolute Gasteiger partial charge is 0.411 e. The van der Waals surface area contributed by atoms with Gasteiger partial charge in [-0.15, -0.1) is 0 Å². The Labute approximate surface area is 208 Å². The van der Waals surface area contributed by atoms with Crippen molar-refractivity contribution in [3.63, 3.8) is 0 Å². The Hall–Kier alpha value is -1.47. The molecule has 2 aliphatic rings. The van der Waals surface area contributed by atoms with Crippen LogP contribution < -0.4 is 0 Å². The smallest absolute Gasteiger partial charge is 0.254 e. The standard InChI is InChI=1S/C27H37BrN2O2Si/c1-27(2,3)33(4,5)32-24(18-29-14-12-20-8-6-7-9-22(20)17-29)19-30-15-13-21-10-11-23(28)16-25(21)26(30)31/h6-11,16,24H,12-15,17-19H2,1-5H3. The molecule has 0 fully saturated rings. The summed E-state index contributed by atoms with van der Waals surface area (Å²) in [5, 5.41) is 0.128. The fourth-order valence-corrected chi connectivity index (χ4v) is 6.33. The van der Waals surface area contributed by atoms with E-state index < -0.39 is 8.32 Å². The maximum Gasteiger partial charge on any atom is 0.254 e. The van der Waals surface area contributed by atoms with Crippen LogP contribution in [0.3, 0.4) is 0 Å². The first kappa shape index (κ1) is 24.6. The van der Waals surface area contributed by atoms with Crippen LogP contribution in [-0.2, 0) is 23.8 Å². The molecule has 0 N–H and O–H groups in total. The average Bonchev–Trinajstić information content (AvgIpc) is 2.75. The molecule has 2 heterocycles. The molecule has 0 radical (unpaired) electrons. The Balaban J connectivity index is 1.52. The molecule has 2 aliphatic heterocycles. The number of carbonyl (C=O) groups is 1. The predicted octanol–water partition coefficient (Wildman–Crippen LogP) is 5.90. The number of hydrogen-bond donors (Lipinski definition) is 0. The summed E-state index contributed by atoms with van der Waals surface area (Å²) in [7, 11) is -1.98. The number of rotatable bonds is 6. The van der Waals surface area contributed by atoms with E-state index in [1.807, 2.05) is 17.0 Å². The SMILES string of the molecule is CC(C)(C)[Si](C)(C)OC(CN1CCc2ccccc2C1)CN1CCc2ccc(Br)cc2C1=O. The molecule has 2 aromatic rings. The fourth-order valence-electron chi connectivity index (χ4n) is 4.64. The highest BCUT2D eigenvalue weighted by Gasteiger charge is 2.40. The quantitative estimate of drug-likeness (QED) is 0.437. The molecule has 0 aromatic heterocycles. The van der Waals surface area contributed by atoms with Gasteiger partial charge in [0.15, 0.2) is 8.32 Å². The summed E-state index contributed by atoms with van der Waals surface area (Å²) in [6, 6.07) is 14.8. The monoisotopic (exact) mass is 528 g/mol. The van der Waals surface area contributed by atoms with Crippen LogP contribution in [0.25, 0.3) is 0 Å². The number of fused-ring (bicyclic) bond motifs is 2. The maximum atomic E-state index is 13.4. The number of carbonyl (C=O) groups excluding carboxylic acids is 1. The summed E-state index contributed by atoms with van der Waals surface area (Å²) in [5.74, 6) is 0.130. The van der Waals surface area contributed by atoms with Crippen molar-refractivity contribution in [1.82, 2.24) is 9.80 Å². The van der Waals surface area contributed by atoms with Gasteiger partial charge in [-0.1, -0.05) is 67.0 Å². The third-order valence-corrected chi connectivity index (χ3v) is 12.6. The molecule has 178 valence electrons. The normalized spacial score (nSPS) is 18.1. The molecule has 0 saturated heterocycles. The molecule has 0 spiro atoms. The van der Waals surface area contributed by atoms with Crippen LogP contribution in [0.1, 0.15) is 47.8 Å². The number of hydrogen-bond acceptors (Lipinski definition) is 3. The zero-order valence-corrected chi connectivity index (χ0v) is 23.2. The molecule has 4 rings (SSSR count). The lowest BCUT2D eigenvalue weighted by molar-refractivity contribution is 0.0525. The molecular formula is C27H37BrN2O2Si. The van der Waals surface area contributed by atoms with Crippen molar-refractivity contribution in [2.75, 3.05) is 26.2 Å². The summed E-state index contributed by atoms with van der Waals surface area (Å²) >= 11 is 3.53. The van der Waals surface area contributed by atoms with E-state index in [9.17, 15) is 4.79 Å². The van der Waals surface area contributed by atoms with Gasteiger partial charge in [0, 0.05) is 42.8 Å². The van der Waals surface area contributed by atoms with Gasteiger partial charge in [0.05, 0.1) is 6.10 Å². The maximum absolute atomic E-state index is 13.4. The van der Waals surface area contributed by atoms with Gasteiger partial charge in [-0.05, 0) is 59.8 Å². The van der Waals surface area contributed by atoms with Gasteiger partial charge >= 0.3 is 0 Å². The molecule has 33 heavy (non-hydrogen) atoms. The van der Waals surface area contributed by atoms with E-state index >= 15 is 0 Å². The second-order valence-corrected chi connectivity index (χ2v) is 16.7. The number of nitrogens with zero attached hydrogens (tertiary/aromatic N) is 2. The summed E-state index contributed by atoms with van der Waals surface area (Å²) in [4.78, 5) is 17.9. The van der Waals surface area contributed by atoms with Crippen LogP contribution in [0.5, 0.6) is 0 Å². The molecule has 0 saturated carbocycles. The van der Waals surface area contributed by atoms with Gasteiger partial charge in [0.2, 0.25) is 0 Å². The van der Waals surface area contributed by atoms with Crippen molar-refractivity contribution in [2.24, 2.45) is 0 Å². The number of benzene rings is 2. The topological polar surface area (TPSA) is 32.8 Å². The minimum atomic E-state index is -1.98. The highest BCUT2D eigenvalue weighted by Crippen LogP contribution is 2.38. The van der Waals surface area contributed by atoms with E-state index in [1.54, 1.807) is 0 Å². The van der Waals surface area contributed by atoms with Crippen LogP contribution >= 0.6 is 15.9 Å². The van der Waals surface area contributed by atoms with E-state index in [2.05, 4.69) is 85.0 Å². The van der Waals surface area contributed by atoms with Crippen LogP contribution in [0.15, 0.2) is 46.9 Å². The van der Waals surface area contributed by atoms with Crippen LogP contribution in [0.4, 0.5) is 0 Å². The third-order valence-electron chi connectivity index (χ3n) is 7.60. The summed E-state index contributed by atoms with van der Waals surface area (Å²) in [6.07, 6.45) is 1.99. The Morgan fingerprint density at radius 1 is 1.00 bits per heavy atom. The summed E-state index contributed by atoms with van der Waals surface area (Å²) < 4.78 is 7.91. The van der Waals surface area contributed by atoms with Crippen LogP contribution in [-0.4, -0.2) is 56.3 Å². The van der Waals surface area contributed by atoms with Crippen molar-refractivity contribution >= 4 is 30.2 Å². The van der Waals surface area contributed by atoms with Crippen molar-refractivity contribution in [2.45, 2.75) is 64.4 Å². The summed E-state index contributed by atoms with van der Waals surface area (Å²) in [5.41, 5.74) is 4.86. The molecule has 1 atom stereocenters. The molecule has 2 aromatic carbocycles. The Morgan fingerprint density at radius 3 is 2.42 bits per heavy atom. The highest BCUT2D eigenvalue weighted by atomic mass is 79.9. The zero-order chi connectivity index (χ0) is 23.8. The first-order valence-corrected chi connectivity index (χ1v) is 15.8. The van der Waals surface area contributed by atoms with Crippen molar-refractivity contribution in [3.05, 3.63) is 69.2 Å². The number of amides is 1. The Morgan fingerprint density at radius 2 is 1.70 bits per heavy atom. The van der Waals surface area contributed by atoms with Gasteiger partial charge < -0.3 is 9.33 Å². The Bertz CT molecular complexity index is 1020. The molecule has 0 bridgehead atoms. The fraction of sp³-hybridized carbons (Fsp3) is 0.519. The predicted molar refractivity (Wildman–Crippen MR) is 141 cm³/mol. The molecule has 4 nitrogen and oxygen atoms in total. The second-order valence-electron chi connectivity index (χ2n) is 11.1. The van der Waals surface area contributed by atoms with E-state index in [-0.39, 0.29) is 17.0 Å². The van der Waals surface area contributed by atoms with Crippen molar-refractivity contribution in [3.8, 4) is 0 Å². The number of halogens is 1. The van der Waals surface area contributed by atoms with Crippen LogP contribution in [0, 0.1) is 0 Å². The van der Waals surface area contributed by atoms with E-state index in [0.717, 1.165) is 54.6 Å². The molecule has 1 amide bonds. The van der Waals surface area contributed by atoms with Crippen LogP contribution in [0.2, 0.25) is 18.1 Å². The summed E-state index contributed by atoms with van der Waals surface area (Å²) in [6.45, 7) is 15.7. The minimum absolute atomic E-state index is 0.00815. The average molecular weight is 530 g/mol. The van der Waals surface area contributed by atoms with E-state index in [4.69, 9.17) is 4.43 Å². The molecule has 0 aliphatic carbocycles. The zero-order valence-electron chi connectivity index (χ0n) is 20.7. The molecular weight excluding hydrogens is 492 g/mol. The lowest BCUT2D eigenvalue weighted by Crippen LogP contribution is -2.52. The Kier molecular flexibility index (Phi) is 7.20. The first-order valence-electron chi connectivity index (χ1n) is 12.1. The van der Waals surface area contributed by atoms with Gasteiger partial charge in [-0.2, -0.15) is 0 Å². The molecule has 6 heteroatoms. The molecule has 1 unspecified atom stereocenters. The second kappa shape index (κ2) is 9.65. The third kappa shape index (κ3) is 5.61. The highest BCUT2D eigenvalue weighted by molar-refractivity contribution is 9.10. The van der Waals surface area contributed by atoms with Gasteiger partial charge in [-0.25, -0.2) is 0 Å². The van der Waals surface area contributed by atoms with Crippen molar-refractivity contribution in [1.29, 1.82) is 0 Å². The van der Waals surface area contributed by atoms with E-state index in [0.29, 0.717) is 6.54 Å². The van der Waals surface area contributed by atoms with Crippen molar-refractivity contribution < 1.29 is 9.22 Å². The van der Waals surface area contributed by atoms with Gasteiger partial charge in [-0.3, -0.25) is 9.69 Å². The van der Waals surface area contributed by atoms with Gasteiger partial charge in [0.1, 0.15) is 0 Å². The lowest BCUT2D eigenvalue weighted by atomic mass is 9.98. The minimum Gasteiger partial charge on any atom is -0.411 e. The van der Waals surface area contributed by atoms with Gasteiger partial charge in [0.25, 0.3) is 5.91 Å². The first-order chi connectivity index (χ1) is 15.5. The van der Waals surface area contributed by atoms with E-state index in [1.165, 1.54) is 11.1 Å². The lowest BCUT2D eigenvalue weighted by Gasteiger charge is -2.43.